The summed E-state index contributed by atoms with van der Waals surface area (Å²) in [5.41, 5.74) is 1.95. The first-order chi connectivity index (χ1) is 9.69. The Morgan fingerprint density at radius 2 is 1.95 bits per heavy atom. The van der Waals surface area contributed by atoms with Gasteiger partial charge in [0.15, 0.2) is 11.6 Å². The molecule has 1 atom stereocenters. The van der Waals surface area contributed by atoms with Gasteiger partial charge < -0.3 is 15.4 Å². The van der Waals surface area contributed by atoms with E-state index >= 15 is 0 Å². The van der Waals surface area contributed by atoms with Gasteiger partial charge >= 0.3 is 0 Å². The lowest BCUT2D eigenvalue weighted by molar-refractivity contribution is 0.0935. The van der Waals surface area contributed by atoms with Crippen LogP contribution in [0.25, 0.3) is 0 Å². The lowest BCUT2D eigenvalue weighted by Crippen LogP contribution is -2.38. The van der Waals surface area contributed by atoms with E-state index in [1.807, 2.05) is 12.1 Å². The quantitative estimate of drug-likeness (QED) is 0.883. The van der Waals surface area contributed by atoms with Crippen LogP contribution in [0.2, 0.25) is 0 Å². The van der Waals surface area contributed by atoms with Crippen LogP contribution in [0.4, 0.5) is 10.1 Å². The summed E-state index contributed by atoms with van der Waals surface area (Å²) < 4.78 is 18.6. The van der Waals surface area contributed by atoms with Gasteiger partial charge in [-0.15, -0.1) is 0 Å². The standard InChI is InChI=1S/C15H13FN2O2/c1-20-13-7-6-9(8-11(13)16)14-17-12-5-3-2-4-10(12)15(19)18-14/h2-8,14,17H,1H3,(H,18,19). The Morgan fingerprint density at radius 3 is 2.70 bits per heavy atom. The highest BCUT2D eigenvalue weighted by Gasteiger charge is 2.24. The molecule has 0 aliphatic carbocycles. The van der Waals surface area contributed by atoms with Crippen LogP contribution < -0.4 is 15.4 Å². The van der Waals surface area contributed by atoms with Gasteiger partial charge in [0.05, 0.1) is 12.7 Å². The number of benzene rings is 2. The third-order valence-electron chi connectivity index (χ3n) is 3.26. The van der Waals surface area contributed by atoms with Crippen molar-refractivity contribution in [2.75, 3.05) is 12.4 Å². The fraction of sp³-hybridized carbons (Fsp3) is 0.133. The first-order valence-electron chi connectivity index (χ1n) is 6.19. The third-order valence-corrected chi connectivity index (χ3v) is 3.26. The van der Waals surface area contributed by atoms with E-state index in [0.717, 1.165) is 5.69 Å². The molecular weight excluding hydrogens is 259 g/mol. The molecule has 0 bridgehead atoms. The minimum atomic E-state index is -0.460. The van der Waals surface area contributed by atoms with Gasteiger partial charge in [0, 0.05) is 5.69 Å². The first kappa shape index (κ1) is 12.5. The molecule has 0 radical (unpaired) electrons. The average molecular weight is 272 g/mol. The second kappa shape index (κ2) is 4.85. The fourth-order valence-corrected chi connectivity index (χ4v) is 2.24. The van der Waals surface area contributed by atoms with E-state index in [1.54, 1.807) is 24.3 Å². The molecule has 1 aliphatic rings. The van der Waals surface area contributed by atoms with Gasteiger partial charge in [-0.1, -0.05) is 18.2 Å². The number of rotatable bonds is 2. The second-order valence-corrected chi connectivity index (χ2v) is 4.49. The van der Waals surface area contributed by atoms with Crippen LogP contribution in [0.3, 0.4) is 0 Å². The summed E-state index contributed by atoms with van der Waals surface area (Å²) in [6.07, 6.45) is -0.460. The number of carbonyl (C=O) groups excluding carboxylic acids is 1. The molecule has 0 saturated carbocycles. The highest BCUT2D eigenvalue weighted by molar-refractivity contribution is 6.01. The van der Waals surface area contributed by atoms with Crippen molar-refractivity contribution in [3.63, 3.8) is 0 Å². The van der Waals surface area contributed by atoms with Crippen molar-refractivity contribution in [3.8, 4) is 5.75 Å². The van der Waals surface area contributed by atoms with Gasteiger partial charge in [0.1, 0.15) is 6.17 Å². The Balaban J connectivity index is 1.94. The topological polar surface area (TPSA) is 50.4 Å². The number of para-hydroxylation sites is 1. The van der Waals surface area contributed by atoms with Gasteiger partial charge in [-0.3, -0.25) is 4.79 Å². The maximum atomic E-state index is 13.7. The molecule has 20 heavy (non-hydrogen) atoms. The Bertz CT molecular complexity index is 673. The summed E-state index contributed by atoms with van der Waals surface area (Å²) in [6.45, 7) is 0. The lowest BCUT2D eigenvalue weighted by atomic mass is 10.1. The molecular formula is C15H13FN2O2. The maximum Gasteiger partial charge on any atom is 0.255 e. The average Bonchev–Trinajstić information content (AvgIpc) is 2.47. The molecule has 0 aromatic heterocycles. The van der Waals surface area contributed by atoms with Crippen molar-refractivity contribution in [2.45, 2.75) is 6.17 Å². The maximum absolute atomic E-state index is 13.7. The molecule has 3 rings (SSSR count). The van der Waals surface area contributed by atoms with Crippen molar-refractivity contribution in [1.29, 1.82) is 0 Å². The second-order valence-electron chi connectivity index (χ2n) is 4.49. The minimum absolute atomic E-state index is 0.177. The zero-order valence-corrected chi connectivity index (χ0v) is 10.8. The van der Waals surface area contributed by atoms with Crippen LogP contribution in [-0.4, -0.2) is 13.0 Å². The molecule has 1 aliphatic heterocycles. The van der Waals surface area contributed by atoms with E-state index in [4.69, 9.17) is 4.74 Å². The molecule has 102 valence electrons. The van der Waals surface area contributed by atoms with Crippen LogP contribution in [-0.2, 0) is 0 Å². The van der Waals surface area contributed by atoms with Crippen molar-refractivity contribution >= 4 is 11.6 Å². The summed E-state index contributed by atoms with van der Waals surface area (Å²) >= 11 is 0. The zero-order chi connectivity index (χ0) is 14.1. The molecule has 0 saturated heterocycles. The molecule has 4 nitrogen and oxygen atoms in total. The number of methoxy groups -OCH3 is 1. The van der Waals surface area contributed by atoms with Crippen LogP contribution in [0.5, 0.6) is 5.75 Å². The zero-order valence-electron chi connectivity index (χ0n) is 10.8. The highest BCUT2D eigenvalue weighted by Crippen LogP contribution is 2.28. The van der Waals surface area contributed by atoms with Crippen molar-refractivity contribution in [2.24, 2.45) is 0 Å². The number of carbonyl (C=O) groups is 1. The van der Waals surface area contributed by atoms with Gasteiger partial charge in [-0.2, -0.15) is 0 Å². The van der Waals surface area contributed by atoms with Crippen LogP contribution in [0.1, 0.15) is 22.1 Å². The molecule has 1 amide bonds. The summed E-state index contributed by atoms with van der Waals surface area (Å²) in [5, 5.41) is 5.96. The number of hydrogen-bond donors (Lipinski definition) is 2. The predicted molar refractivity (Wildman–Crippen MR) is 73.2 cm³/mol. The number of ether oxygens (including phenoxy) is 1. The first-order valence-corrected chi connectivity index (χ1v) is 6.19. The molecule has 5 heteroatoms. The molecule has 0 spiro atoms. The van der Waals surface area contributed by atoms with Crippen molar-refractivity contribution in [1.82, 2.24) is 5.32 Å². The Morgan fingerprint density at radius 1 is 1.15 bits per heavy atom. The van der Waals surface area contributed by atoms with Gasteiger partial charge in [0.25, 0.3) is 5.91 Å². The summed E-state index contributed by atoms with van der Waals surface area (Å²) in [6, 6.07) is 11.8. The third kappa shape index (κ3) is 2.07. The van der Waals surface area contributed by atoms with Crippen LogP contribution in [0.15, 0.2) is 42.5 Å². The monoisotopic (exact) mass is 272 g/mol. The molecule has 1 unspecified atom stereocenters. The van der Waals surface area contributed by atoms with E-state index in [0.29, 0.717) is 11.1 Å². The van der Waals surface area contributed by atoms with Crippen LogP contribution in [0, 0.1) is 5.82 Å². The number of halogens is 1. The lowest BCUT2D eigenvalue weighted by Gasteiger charge is -2.28. The Labute approximate surface area is 115 Å². The van der Waals surface area contributed by atoms with Gasteiger partial charge in [-0.05, 0) is 29.8 Å². The molecule has 2 aromatic carbocycles. The number of anilines is 1. The largest absolute Gasteiger partial charge is 0.494 e. The smallest absolute Gasteiger partial charge is 0.255 e. The number of amides is 1. The summed E-state index contributed by atoms with van der Waals surface area (Å²) in [4.78, 5) is 12.0. The summed E-state index contributed by atoms with van der Waals surface area (Å²) in [7, 11) is 1.41. The summed E-state index contributed by atoms with van der Waals surface area (Å²) in [5.74, 6) is -0.461. The molecule has 1 heterocycles. The molecule has 2 aromatic rings. The SMILES string of the molecule is COc1ccc(C2NC(=O)c3ccccc3N2)cc1F. The predicted octanol–water partition coefficient (Wildman–Crippen LogP) is 2.69. The fourth-order valence-electron chi connectivity index (χ4n) is 2.24. The van der Waals surface area contributed by atoms with E-state index in [2.05, 4.69) is 10.6 Å². The van der Waals surface area contributed by atoms with E-state index in [1.165, 1.54) is 13.2 Å². The normalized spacial score (nSPS) is 16.9. The Kier molecular flexibility index (Phi) is 3.02. The van der Waals surface area contributed by atoms with E-state index in [-0.39, 0.29) is 11.7 Å². The Hall–Kier alpha value is -2.56. The highest BCUT2D eigenvalue weighted by atomic mass is 19.1. The molecule has 2 N–H and O–H groups in total. The van der Waals surface area contributed by atoms with Gasteiger partial charge in [-0.25, -0.2) is 4.39 Å². The van der Waals surface area contributed by atoms with Crippen LogP contribution >= 0.6 is 0 Å². The van der Waals surface area contributed by atoms with E-state index < -0.39 is 12.0 Å². The van der Waals surface area contributed by atoms with Crippen molar-refractivity contribution in [3.05, 3.63) is 59.4 Å². The van der Waals surface area contributed by atoms with Crippen molar-refractivity contribution < 1.29 is 13.9 Å². The minimum Gasteiger partial charge on any atom is -0.494 e. The number of hydrogen-bond acceptors (Lipinski definition) is 3. The van der Waals surface area contributed by atoms with E-state index in [9.17, 15) is 9.18 Å². The molecule has 0 fully saturated rings. The number of fused-ring (bicyclic) bond motifs is 1. The van der Waals surface area contributed by atoms with Gasteiger partial charge in [0.2, 0.25) is 0 Å². The number of nitrogens with one attached hydrogen (secondary N) is 2.